The summed E-state index contributed by atoms with van der Waals surface area (Å²) in [5.74, 6) is 0. The van der Waals surface area contributed by atoms with E-state index in [9.17, 15) is 10.1 Å². The molecule has 104 valence electrons. The van der Waals surface area contributed by atoms with Gasteiger partial charge in [0, 0.05) is 30.9 Å². The second-order valence-corrected chi connectivity index (χ2v) is 5.90. The average Bonchev–Trinajstić information content (AvgIpc) is 2.89. The molecule has 0 aliphatic carbocycles. The van der Waals surface area contributed by atoms with Gasteiger partial charge < -0.3 is 10.2 Å². The van der Waals surface area contributed by atoms with Gasteiger partial charge in [-0.05, 0) is 54.1 Å². The minimum Gasteiger partial charge on any atom is -0.367 e. The summed E-state index contributed by atoms with van der Waals surface area (Å²) in [6, 6.07) is 5.90. The Hall–Kier alpha value is -0.890. The molecule has 6 heteroatoms. The fourth-order valence-electron chi connectivity index (χ4n) is 2.49. The van der Waals surface area contributed by atoms with Crippen molar-refractivity contribution in [1.29, 1.82) is 0 Å². The van der Waals surface area contributed by atoms with E-state index in [4.69, 9.17) is 0 Å². The quantitative estimate of drug-likeness (QED) is 0.489. The summed E-state index contributed by atoms with van der Waals surface area (Å²) in [6.45, 7) is 5.19. The topological polar surface area (TPSA) is 58.4 Å². The van der Waals surface area contributed by atoms with Gasteiger partial charge in [0.2, 0.25) is 0 Å². The van der Waals surface area contributed by atoms with Crippen LogP contribution in [0.5, 0.6) is 0 Å². The highest BCUT2D eigenvalue weighted by atomic mass is 127. The Bertz CT molecular complexity index is 461. The van der Waals surface area contributed by atoms with E-state index in [1.165, 1.54) is 0 Å². The van der Waals surface area contributed by atoms with Crippen LogP contribution in [0.25, 0.3) is 0 Å². The van der Waals surface area contributed by atoms with E-state index < -0.39 is 0 Å². The molecule has 0 saturated carbocycles. The van der Waals surface area contributed by atoms with Gasteiger partial charge in [-0.3, -0.25) is 10.1 Å². The summed E-state index contributed by atoms with van der Waals surface area (Å²) in [5, 5.41) is 14.2. The van der Waals surface area contributed by atoms with Gasteiger partial charge in [-0.15, -0.1) is 0 Å². The molecule has 1 atom stereocenters. The second-order valence-electron chi connectivity index (χ2n) is 4.73. The summed E-state index contributed by atoms with van der Waals surface area (Å²) in [6.07, 6.45) is 2.21. The lowest BCUT2D eigenvalue weighted by molar-refractivity contribution is -0.385. The predicted octanol–water partition coefficient (Wildman–Crippen LogP) is 2.78. The Morgan fingerprint density at radius 3 is 2.89 bits per heavy atom. The van der Waals surface area contributed by atoms with Crippen LogP contribution in [-0.4, -0.2) is 30.6 Å². The summed E-state index contributed by atoms with van der Waals surface area (Å²) < 4.78 is 0.701. The fourth-order valence-corrected chi connectivity index (χ4v) is 3.19. The first-order valence-corrected chi connectivity index (χ1v) is 7.62. The second kappa shape index (κ2) is 6.51. The molecule has 1 saturated heterocycles. The van der Waals surface area contributed by atoms with Crippen molar-refractivity contribution in [1.82, 2.24) is 5.32 Å². The molecule has 0 bridgehead atoms. The summed E-state index contributed by atoms with van der Waals surface area (Å²) in [4.78, 5) is 12.9. The summed E-state index contributed by atoms with van der Waals surface area (Å²) in [5.41, 5.74) is 1.27. The van der Waals surface area contributed by atoms with Gasteiger partial charge in [0.15, 0.2) is 0 Å². The first-order valence-electron chi connectivity index (χ1n) is 6.54. The van der Waals surface area contributed by atoms with Gasteiger partial charge in [0.05, 0.1) is 8.49 Å². The van der Waals surface area contributed by atoms with Crippen LogP contribution >= 0.6 is 22.6 Å². The highest BCUT2D eigenvalue weighted by Gasteiger charge is 2.23. The summed E-state index contributed by atoms with van der Waals surface area (Å²) >= 11 is 2.04. The van der Waals surface area contributed by atoms with Crippen LogP contribution in [0.15, 0.2) is 18.2 Å². The van der Waals surface area contributed by atoms with Gasteiger partial charge in [0.1, 0.15) is 0 Å². The van der Waals surface area contributed by atoms with Crippen molar-refractivity contribution in [2.75, 3.05) is 24.5 Å². The van der Waals surface area contributed by atoms with E-state index in [2.05, 4.69) is 17.1 Å². The number of nitro benzene ring substituents is 1. The number of benzene rings is 1. The molecule has 1 aromatic rings. The molecule has 1 aliphatic heterocycles. The van der Waals surface area contributed by atoms with Gasteiger partial charge in [-0.2, -0.15) is 0 Å². The molecular formula is C13H18IN3O2. The number of nitro groups is 1. The van der Waals surface area contributed by atoms with Gasteiger partial charge in [-0.1, -0.05) is 6.92 Å². The number of hydrogen-bond acceptors (Lipinski definition) is 4. The Labute approximate surface area is 126 Å². The zero-order valence-electron chi connectivity index (χ0n) is 10.9. The number of rotatable bonds is 5. The lowest BCUT2D eigenvalue weighted by Gasteiger charge is -2.30. The van der Waals surface area contributed by atoms with Crippen LogP contribution in [0.1, 0.15) is 19.8 Å². The Morgan fingerprint density at radius 1 is 1.58 bits per heavy atom. The maximum absolute atomic E-state index is 10.9. The van der Waals surface area contributed by atoms with Crippen LogP contribution < -0.4 is 10.2 Å². The van der Waals surface area contributed by atoms with E-state index >= 15 is 0 Å². The molecule has 1 unspecified atom stereocenters. The summed E-state index contributed by atoms with van der Waals surface area (Å²) in [7, 11) is 0. The maximum atomic E-state index is 10.9. The average molecular weight is 375 g/mol. The number of hydrogen-bond donors (Lipinski definition) is 1. The van der Waals surface area contributed by atoms with Gasteiger partial charge in [0.25, 0.3) is 5.69 Å². The molecule has 1 fully saturated rings. The van der Waals surface area contributed by atoms with Gasteiger partial charge >= 0.3 is 0 Å². The third kappa shape index (κ3) is 3.36. The van der Waals surface area contributed by atoms with Crippen LogP contribution in [0.4, 0.5) is 11.4 Å². The predicted molar refractivity (Wildman–Crippen MR) is 84.7 cm³/mol. The van der Waals surface area contributed by atoms with E-state index in [1.807, 2.05) is 34.7 Å². The normalized spacial score (nSPS) is 18.5. The van der Waals surface area contributed by atoms with Crippen molar-refractivity contribution in [3.63, 3.8) is 0 Å². The Kier molecular flexibility index (Phi) is 4.98. The monoisotopic (exact) mass is 375 g/mol. The van der Waals surface area contributed by atoms with Crippen molar-refractivity contribution in [3.05, 3.63) is 31.9 Å². The number of halogens is 1. The molecule has 0 aromatic heterocycles. The standard InChI is InChI=1S/C13H18IN3O2/c1-2-7-16(11-5-6-15-9-11)10-3-4-13(17(18)19)12(14)8-10/h3-4,8,11,15H,2,5-7,9H2,1H3. The highest BCUT2D eigenvalue weighted by molar-refractivity contribution is 14.1. The van der Waals surface area contributed by atoms with E-state index in [0.717, 1.165) is 38.2 Å². The maximum Gasteiger partial charge on any atom is 0.282 e. The lowest BCUT2D eigenvalue weighted by atomic mass is 10.1. The molecule has 5 nitrogen and oxygen atoms in total. The van der Waals surface area contributed by atoms with Crippen molar-refractivity contribution in [3.8, 4) is 0 Å². The van der Waals surface area contributed by atoms with Crippen molar-refractivity contribution in [2.45, 2.75) is 25.8 Å². The number of anilines is 1. The molecule has 1 heterocycles. The lowest BCUT2D eigenvalue weighted by Crippen LogP contribution is -2.37. The van der Waals surface area contributed by atoms with E-state index in [1.54, 1.807) is 6.07 Å². The molecule has 19 heavy (non-hydrogen) atoms. The first kappa shape index (κ1) is 14.5. The molecule has 0 amide bonds. The fraction of sp³-hybridized carbons (Fsp3) is 0.538. The van der Waals surface area contributed by atoms with Crippen LogP contribution in [0, 0.1) is 13.7 Å². The van der Waals surface area contributed by atoms with Crippen LogP contribution in [0.3, 0.4) is 0 Å². The Balaban J connectivity index is 2.26. The molecule has 1 aliphatic rings. The van der Waals surface area contributed by atoms with Gasteiger partial charge in [-0.25, -0.2) is 0 Å². The largest absolute Gasteiger partial charge is 0.367 e. The zero-order chi connectivity index (χ0) is 13.8. The minimum absolute atomic E-state index is 0.186. The highest BCUT2D eigenvalue weighted by Crippen LogP contribution is 2.28. The third-order valence-electron chi connectivity index (χ3n) is 3.40. The molecule has 0 spiro atoms. The van der Waals surface area contributed by atoms with Crippen molar-refractivity contribution < 1.29 is 4.92 Å². The van der Waals surface area contributed by atoms with Crippen molar-refractivity contribution in [2.24, 2.45) is 0 Å². The number of nitrogens with one attached hydrogen (secondary N) is 1. The van der Waals surface area contributed by atoms with E-state index in [-0.39, 0.29) is 10.6 Å². The molecule has 1 N–H and O–H groups in total. The smallest absolute Gasteiger partial charge is 0.282 e. The van der Waals surface area contributed by atoms with Crippen LogP contribution in [0.2, 0.25) is 0 Å². The zero-order valence-corrected chi connectivity index (χ0v) is 13.1. The SMILES string of the molecule is CCCN(c1ccc([N+](=O)[O-])c(I)c1)C1CCNC1. The minimum atomic E-state index is -0.327. The van der Waals surface area contributed by atoms with Crippen LogP contribution in [-0.2, 0) is 0 Å². The molecule has 0 radical (unpaired) electrons. The first-order chi connectivity index (χ1) is 9.13. The van der Waals surface area contributed by atoms with E-state index in [0.29, 0.717) is 9.61 Å². The van der Waals surface area contributed by atoms with Crippen molar-refractivity contribution >= 4 is 34.0 Å². The molecule has 1 aromatic carbocycles. The molecule has 2 rings (SSSR count). The third-order valence-corrected chi connectivity index (χ3v) is 4.26. The Morgan fingerprint density at radius 2 is 2.37 bits per heavy atom. The molecular weight excluding hydrogens is 357 g/mol. The number of nitrogens with zero attached hydrogens (tertiary/aromatic N) is 2.